The van der Waals surface area contributed by atoms with E-state index in [0.717, 1.165) is 6.42 Å². The van der Waals surface area contributed by atoms with Crippen LogP contribution in [-0.4, -0.2) is 33.3 Å². The van der Waals surface area contributed by atoms with E-state index in [1.54, 1.807) is 11.3 Å². The summed E-state index contributed by atoms with van der Waals surface area (Å²) in [5.74, 6) is 0.135. The quantitative estimate of drug-likeness (QED) is 0.750. The molecule has 0 bridgehead atoms. The molecule has 17 heavy (non-hydrogen) atoms. The van der Waals surface area contributed by atoms with Crippen molar-refractivity contribution in [2.24, 2.45) is 0 Å². The maximum absolute atomic E-state index is 11.6. The molecule has 0 fully saturated rings. The van der Waals surface area contributed by atoms with Crippen LogP contribution in [0.15, 0.2) is 17.5 Å². The first-order valence-electron chi connectivity index (χ1n) is 5.73. The molecule has 0 atom stereocenters. The van der Waals surface area contributed by atoms with E-state index in [2.05, 4.69) is 10.0 Å². The Balaban J connectivity index is 2.20. The lowest BCUT2D eigenvalue weighted by atomic mass is 10.3. The van der Waals surface area contributed by atoms with Gasteiger partial charge in [0.1, 0.15) is 0 Å². The summed E-state index contributed by atoms with van der Waals surface area (Å²) in [4.78, 5) is 1.20. The Morgan fingerprint density at radius 1 is 1.35 bits per heavy atom. The lowest BCUT2D eigenvalue weighted by Crippen LogP contribution is -2.35. The maximum Gasteiger partial charge on any atom is 0.212 e. The Hall–Kier alpha value is -0.430. The van der Waals surface area contributed by atoms with Crippen LogP contribution in [0.1, 0.15) is 18.7 Å². The van der Waals surface area contributed by atoms with E-state index < -0.39 is 10.0 Å². The van der Waals surface area contributed by atoms with Crippen molar-refractivity contribution in [1.82, 2.24) is 10.0 Å². The van der Waals surface area contributed by atoms with Gasteiger partial charge in [0.25, 0.3) is 0 Å². The topological polar surface area (TPSA) is 58.2 Å². The van der Waals surface area contributed by atoms with Gasteiger partial charge in [-0.05, 0) is 17.9 Å². The highest BCUT2D eigenvalue weighted by molar-refractivity contribution is 7.89. The highest BCUT2D eigenvalue weighted by Crippen LogP contribution is 2.08. The average Bonchev–Trinajstić information content (AvgIpc) is 2.69. The zero-order valence-corrected chi connectivity index (χ0v) is 11.9. The molecule has 2 N–H and O–H groups in total. The molecule has 1 aromatic rings. The van der Waals surface area contributed by atoms with Crippen molar-refractivity contribution >= 4 is 21.4 Å². The SMILES string of the molecule is CC(C)NCCS(=O)(=O)NCCc1cccs1. The van der Waals surface area contributed by atoms with Crippen molar-refractivity contribution < 1.29 is 8.42 Å². The van der Waals surface area contributed by atoms with Crippen molar-refractivity contribution in [2.75, 3.05) is 18.8 Å². The van der Waals surface area contributed by atoms with Gasteiger partial charge in [-0.2, -0.15) is 0 Å². The van der Waals surface area contributed by atoms with Gasteiger partial charge in [-0.15, -0.1) is 11.3 Å². The minimum Gasteiger partial charge on any atom is -0.313 e. The van der Waals surface area contributed by atoms with Crippen LogP contribution < -0.4 is 10.0 Å². The second-order valence-corrected chi connectivity index (χ2v) is 7.11. The number of nitrogens with one attached hydrogen (secondary N) is 2. The summed E-state index contributed by atoms with van der Waals surface area (Å²) in [6.45, 7) is 4.96. The Morgan fingerprint density at radius 2 is 2.12 bits per heavy atom. The Bertz CT molecular complexity index is 399. The minimum absolute atomic E-state index is 0.135. The summed E-state index contributed by atoms with van der Waals surface area (Å²) in [6.07, 6.45) is 0.758. The first-order valence-corrected chi connectivity index (χ1v) is 8.26. The van der Waals surface area contributed by atoms with Gasteiger partial charge in [0.15, 0.2) is 0 Å². The van der Waals surface area contributed by atoms with Crippen LogP contribution in [0.4, 0.5) is 0 Å². The Morgan fingerprint density at radius 3 is 2.71 bits per heavy atom. The number of hydrogen-bond acceptors (Lipinski definition) is 4. The molecule has 0 aliphatic rings. The third-order valence-corrected chi connectivity index (χ3v) is 4.52. The normalized spacial score (nSPS) is 12.2. The number of sulfonamides is 1. The summed E-state index contributed by atoms with van der Waals surface area (Å²) in [5, 5.41) is 5.08. The van der Waals surface area contributed by atoms with Crippen LogP contribution in [0.5, 0.6) is 0 Å². The molecule has 1 heterocycles. The first-order chi connectivity index (χ1) is 7.99. The fourth-order valence-corrected chi connectivity index (χ4v) is 2.99. The number of hydrogen-bond donors (Lipinski definition) is 2. The standard InChI is InChI=1S/C11H20N2O2S2/c1-10(2)12-7-9-17(14,15)13-6-5-11-4-3-8-16-11/h3-4,8,10,12-13H,5-7,9H2,1-2H3. The molecular weight excluding hydrogens is 256 g/mol. The smallest absolute Gasteiger partial charge is 0.212 e. The van der Waals surface area contributed by atoms with E-state index in [0.29, 0.717) is 19.1 Å². The Labute approximate surface area is 107 Å². The molecule has 0 aliphatic carbocycles. The summed E-state index contributed by atoms with van der Waals surface area (Å²) in [7, 11) is -3.14. The molecule has 0 radical (unpaired) electrons. The van der Waals surface area contributed by atoms with E-state index in [-0.39, 0.29) is 5.75 Å². The van der Waals surface area contributed by atoms with Crippen molar-refractivity contribution in [3.63, 3.8) is 0 Å². The predicted octanol–water partition coefficient (Wildman–Crippen LogP) is 1.21. The van der Waals surface area contributed by atoms with Crippen molar-refractivity contribution in [1.29, 1.82) is 0 Å². The van der Waals surface area contributed by atoms with Gasteiger partial charge in [-0.3, -0.25) is 0 Å². The molecule has 0 amide bonds. The van der Waals surface area contributed by atoms with E-state index in [1.165, 1.54) is 4.88 Å². The van der Waals surface area contributed by atoms with E-state index in [4.69, 9.17) is 0 Å². The molecule has 0 spiro atoms. The van der Waals surface area contributed by atoms with Crippen LogP contribution in [0.25, 0.3) is 0 Å². The van der Waals surface area contributed by atoms with E-state index in [1.807, 2.05) is 31.4 Å². The van der Waals surface area contributed by atoms with Crippen LogP contribution in [0.2, 0.25) is 0 Å². The van der Waals surface area contributed by atoms with E-state index in [9.17, 15) is 8.42 Å². The predicted molar refractivity (Wildman–Crippen MR) is 73.0 cm³/mol. The molecule has 0 saturated heterocycles. The van der Waals surface area contributed by atoms with Gasteiger partial charge in [0, 0.05) is 24.0 Å². The molecule has 0 aliphatic heterocycles. The molecule has 98 valence electrons. The average molecular weight is 276 g/mol. The summed E-state index contributed by atoms with van der Waals surface area (Å²) in [6, 6.07) is 4.30. The number of rotatable bonds is 8. The van der Waals surface area contributed by atoms with Crippen LogP contribution in [0, 0.1) is 0 Å². The van der Waals surface area contributed by atoms with Gasteiger partial charge < -0.3 is 5.32 Å². The van der Waals surface area contributed by atoms with Crippen molar-refractivity contribution in [3.8, 4) is 0 Å². The van der Waals surface area contributed by atoms with Crippen LogP contribution in [-0.2, 0) is 16.4 Å². The van der Waals surface area contributed by atoms with Crippen molar-refractivity contribution in [3.05, 3.63) is 22.4 Å². The summed E-state index contributed by atoms with van der Waals surface area (Å²) < 4.78 is 25.8. The monoisotopic (exact) mass is 276 g/mol. The molecule has 0 unspecified atom stereocenters. The zero-order valence-electron chi connectivity index (χ0n) is 10.3. The highest BCUT2D eigenvalue weighted by atomic mass is 32.2. The largest absolute Gasteiger partial charge is 0.313 e. The van der Waals surface area contributed by atoms with Crippen molar-refractivity contribution in [2.45, 2.75) is 26.3 Å². The highest BCUT2D eigenvalue weighted by Gasteiger charge is 2.09. The van der Waals surface area contributed by atoms with Crippen LogP contribution >= 0.6 is 11.3 Å². The molecule has 0 aromatic carbocycles. The zero-order chi connectivity index (χ0) is 12.7. The Kier molecular flexibility index (Phi) is 6.11. The van der Waals surface area contributed by atoms with Gasteiger partial charge in [-0.1, -0.05) is 19.9 Å². The fourth-order valence-electron chi connectivity index (χ4n) is 1.34. The minimum atomic E-state index is -3.14. The van der Waals surface area contributed by atoms with E-state index >= 15 is 0 Å². The molecule has 1 aromatic heterocycles. The lowest BCUT2D eigenvalue weighted by molar-refractivity contribution is 0.567. The van der Waals surface area contributed by atoms with Gasteiger partial charge in [0.05, 0.1) is 5.75 Å². The molecule has 0 saturated carbocycles. The third-order valence-electron chi connectivity index (χ3n) is 2.20. The second-order valence-electron chi connectivity index (χ2n) is 4.15. The lowest BCUT2D eigenvalue weighted by Gasteiger charge is -2.09. The second kappa shape index (κ2) is 7.10. The summed E-state index contributed by atoms with van der Waals surface area (Å²) >= 11 is 1.65. The van der Waals surface area contributed by atoms with Crippen LogP contribution in [0.3, 0.4) is 0 Å². The van der Waals surface area contributed by atoms with Gasteiger partial charge >= 0.3 is 0 Å². The van der Waals surface area contributed by atoms with Gasteiger partial charge in [-0.25, -0.2) is 13.1 Å². The molecular formula is C11H20N2O2S2. The molecule has 4 nitrogen and oxygen atoms in total. The molecule has 6 heteroatoms. The summed E-state index contributed by atoms with van der Waals surface area (Å²) in [5.41, 5.74) is 0. The first kappa shape index (κ1) is 14.6. The number of thiophene rings is 1. The molecule has 1 rings (SSSR count). The third kappa shape index (κ3) is 6.78. The fraction of sp³-hybridized carbons (Fsp3) is 0.636. The van der Waals surface area contributed by atoms with Gasteiger partial charge in [0.2, 0.25) is 10.0 Å². The maximum atomic E-state index is 11.6.